The number of aromatic nitrogens is 5. The highest BCUT2D eigenvalue weighted by molar-refractivity contribution is 5.80. The van der Waals surface area contributed by atoms with Gasteiger partial charge in [0.15, 0.2) is 0 Å². The largest absolute Gasteiger partial charge is 0.424 e. The Morgan fingerprint density at radius 2 is 2.09 bits per heavy atom. The number of carbonyl (C=O) groups excluding carboxylic acids is 1. The molecule has 0 aliphatic rings. The van der Waals surface area contributed by atoms with Crippen molar-refractivity contribution in [1.29, 1.82) is 0 Å². The normalized spacial score (nSPS) is 12.3. The average Bonchev–Trinajstić information content (AvgIpc) is 2.98. The van der Waals surface area contributed by atoms with Crippen molar-refractivity contribution in [2.75, 3.05) is 0 Å². The summed E-state index contributed by atoms with van der Waals surface area (Å²) in [6, 6.07) is 6.02. The van der Waals surface area contributed by atoms with Gasteiger partial charge in [-0.25, -0.2) is 0 Å². The summed E-state index contributed by atoms with van der Waals surface area (Å²) in [5.41, 5.74) is 0.120. The van der Waals surface area contributed by atoms with Crippen molar-refractivity contribution < 1.29 is 9.21 Å². The van der Waals surface area contributed by atoms with Gasteiger partial charge in [0.2, 0.25) is 17.7 Å². The van der Waals surface area contributed by atoms with Gasteiger partial charge in [-0.3, -0.25) is 9.59 Å². The van der Waals surface area contributed by atoms with Crippen LogP contribution in [0.3, 0.4) is 0 Å². The molecule has 1 aromatic carbocycles. The maximum atomic E-state index is 12.4. The summed E-state index contributed by atoms with van der Waals surface area (Å²) in [6.07, 6.45) is 0. The number of benzene rings is 1. The molecule has 3 rings (SSSR count). The number of carbonyl (C=O) groups is 1. The number of hydrogen-bond donors (Lipinski definition) is 1. The van der Waals surface area contributed by atoms with Crippen LogP contribution in [-0.2, 0) is 11.3 Å². The van der Waals surface area contributed by atoms with Crippen molar-refractivity contribution >= 4 is 16.8 Å². The van der Waals surface area contributed by atoms with Crippen LogP contribution in [0.25, 0.3) is 10.9 Å². The first-order valence-corrected chi connectivity index (χ1v) is 6.97. The van der Waals surface area contributed by atoms with Crippen molar-refractivity contribution in [3.8, 4) is 0 Å². The van der Waals surface area contributed by atoms with E-state index in [1.54, 1.807) is 38.1 Å². The minimum atomic E-state index is -0.816. The van der Waals surface area contributed by atoms with E-state index in [1.165, 1.54) is 0 Å². The molecule has 0 radical (unpaired) electrons. The molecule has 9 heteroatoms. The molecule has 2 heterocycles. The van der Waals surface area contributed by atoms with Crippen LogP contribution in [0.4, 0.5) is 0 Å². The minimum Gasteiger partial charge on any atom is -0.424 e. The molecular formula is C14H14N6O3. The highest BCUT2D eigenvalue weighted by Crippen LogP contribution is 2.07. The molecule has 1 atom stereocenters. The van der Waals surface area contributed by atoms with E-state index >= 15 is 0 Å². The van der Waals surface area contributed by atoms with E-state index in [9.17, 15) is 9.59 Å². The van der Waals surface area contributed by atoms with E-state index in [1.807, 2.05) is 0 Å². The van der Waals surface area contributed by atoms with Gasteiger partial charge in [-0.05, 0) is 19.1 Å². The second-order valence-corrected chi connectivity index (χ2v) is 4.96. The summed E-state index contributed by atoms with van der Waals surface area (Å²) in [5, 5.41) is 18.3. The van der Waals surface area contributed by atoms with Crippen LogP contribution in [0, 0.1) is 6.92 Å². The van der Waals surface area contributed by atoms with Crippen molar-refractivity contribution in [3.05, 3.63) is 46.4 Å². The van der Waals surface area contributed by atoms with Crippen LogP contribution in [0.1, 0.15) is 24.7 Å². The Kier molecular flexibility index (Phi) is 3.83. The van der Waals surface area contributed by atoms with E-state index in [-0.39, 0.29) is 12.1 Å². The average molecular weight is 314 g/mol. The summed E-state index contributed by atoms with van der Waals surface area (Å²) in [5.74, 6) is 0.312. The summed E-state index contributed by atoms with van der Waals surface area (Å²) >= 11 is 0. The van der Waals surface area contributed by atoms with Crippen LogP contribution in [0.2, 0.25) is 0 Å². The SMILES string of the molecule is Cc1nnc(CNC(=O)[C@@H](C)n2nnc3ccccc3c2=O)o1. The number of nitrogens with one attached hydrogen (secondary N) is 1. The summed E-state index contributed by atoms with van der Waals surface area (Å²) in [6.45, 7) is 3.31. The zero-order valence-electron chi connectivity index (χ0n) is 12.6. The van der Waals surface area contributed by atoms with E-state index in [4.69, 9.17) is 4.42 Å². The molecule has 0 aliphatic heterocycles. The Bertz CT molecular complexity index is 916. The van der Waals surface area contributed by atoms with Crippen LogP contribution in [0.5, 0.6) is 0 Å². The molecule has 1 N–H and O–H groups in total. The predicted octanol–water partition coefficient (Wildman–Crippen LogP) is 0.360. The Balaban J connectivity index is 1.79. The molecule has 0 spiro atoms. The van der Waals surface area contributed by atoms with Gasteiger partial charge in [0, 0.05) is 6.92 Å². The van der Waals surface area contributed by atoms with Crippen LogP contribution in [0.15, 0.2) is 33.5 Å². The molecule has 0 fully saturated rings. The number of nitrogens with zero attached hydrogens (tertiary/aromatic N) is 5. The molecule has 3 aromatic rings. The highest BCUT2D eigenvalue weighted by Gasteiger charge is 2.19. The van der Waals surface area contributed by atoms with Gasteiger partial charge in [-0.15, -0.1) is 15.3 Å². The molecule has 2 aromatic heterocycles. The van der Waals surface area contributed by atoms with Crippen molar-refractivity contribution in [1.82, 2.24) is 30.5 Å². The van der Waals surface area contributed by atoms with Crippen LogP contribution >= 0.6 is 0 Å². The molecule has 0 aliphatic carbocycles. The van der Waals surface area contributed by atoms with Gasteiger partial charge < -0.3 is 9.73 Å². The van der Waals surface area contributed by atoms with E-state index in [2.05, 4.69) is 25.8 Å². The second kappa shape index (κ2) is 5.95. The predicted molar refractivity (Wildman–Crippen MR) is 79.4 cm³/mol. The first kappa shape index (κ1) is 14.8. The van der Waals surface area contributed by atoms with Crippen LogP contribution < -0.4 is 10.9 Å². The molecule has 23 heavy (non-hydrogen) atoms. The minimum absolute atomic E-state index is 0.0831. The molecule has 9 nitrogen and oxygen atoms in total. The Morgan fingerprint density at radius 1 is 1.30 bits per heavy atom. The van der Waals surface area contributed by atoms with E-state index < -0.39 is 11.9 Å². The fourth-order valence-electron chi connectivity index (χ4n) is 2.09. The van der Waals surface area contributed by atoms with Crippen LogP contribution in [-0.4, -0.2) is 31.1 Å². The summed E-state index contributed by atoms with van der Waals surface area (Å²) in [4.78, 5) is 24.6. The third-order valence-electron chi connectivity index (χ3n) is 3.32. The lowest BCUT2D eigenvalue weighted by Gasteiger charge is -2.12. The first-order valence-electron chi connectivity index (χ1n) is 6.97. The standard InChI is InChI=1S/C14H14N6O3/c1-8(13(21)15-7-12-18-16-9(2)23-12)20-14(22)10-5-3-4-6-11(10)17-19-20/h3-6,8H,7H2,1-2H3,(H,15,21)/t8-/m1/s1. The van der Waals surface area contributed by atoms with Gasteiger partial charge in [-0.2, -0.15) is 4.68 Å². The smallest absolute Gasteiger partial charge is 0.278 e. The van der Waals surface area contributed by atoms with Gasteiger partial charge in [0.05, 0.1) is 11.9 Å². The lowest BCUT2D eigenvalue weighted by molar-refractivity contribution is -0.124. The maximum absolute atomic E-state index is 12.4. The Morgan fingerprint density at radius 3 is 2.83 bits per heavy atom. The van der Waals surface area contributed by atoms with Crippen molar-refractivity contribution in [2.24, 2.45) is 0 Å². The van der Waals surface area contributed by atoms with Gasteiger partial charge in [-0.1, -0.05) is 17.3 Å². The third kappa shape index (κ3) is 2.93. The summed E-state index contributed by atoms with van der Waals surface area (Å²) < 4.78 is 6.22. The molecule has 0 saturated carbocycles. The molecule has 0 unspecified atom stereocenters. The number of fused-ring (bicyclic) bond motifs is 1. The third-order valence-corrected chi connectivity index (χ3v) is 3.32. The van der Waals surface area contributed by atoms with Gasteiger partial charge in [0.25, 0.3) is 5.56 Å². The number of aryl methyl sites for hydroxylation is 1. The monoisotopic (exact) mass is 314 g/mol. The zero-order chi connectivity index (χ0) is 16.4. The van der Waals surface area contributed by atoms with Crippen molar-refractivity contribution in [2.45, 2.75) is 26.4 Å². The fraction of sp³-hybridized carbons (Fsp3) is 0.286. The number of hydrogen-bond acceptors (Lipinski definition) is 7. The molecule has 0 bridgehead atoms. The number of rotatable bonds is 4. The van der Waals surface area contributed by atoms with Gasteiger partial charge >= 0.3 is 0 Å². The maximum Gasteiger partial charge on any atom is 0.278 e. The second-order valence-electron chi connectivity index (χ2n) is 4.96. The zero-order valence-corrected chi connectivity index (χ0v) is 12.6. The lowest BCUT2D eigenvalue weighted by atomic mass is 10.2. The molecule has 1 amide bonds. The first-order chi connectivity index (χ1) is 11.1. The fourth-order valence-corrected chi connectivity index (χ4v) is 2.09. The van der Waals surface area contributed by atoms with Crippen molar-refractivity contribution in [3.63, 3.8) is 0 Å². The summed E-state index contributed by atoms with van der Waals surface area (Å²) in [7, 11) is 0. The Labute approximate surface area is 130 Å². The van der Waals surface area contributed by atoms with E-state index in [0.717, 1.165) is 4.68 Å². The Hall–Kier alpha value is -3.10. The molecule has 118 valence electrons. The number of amides is 1. The topological polar surface area (TPSA) is 116 Å². The highest BCUT2D eigenvalue weighted by atomic mass is 16.4. The van der Waals surface area contributed by atoms with E-state index in [0.29, 0.717) is 22.7 Å². The lowest BCUT2D eigenvalue weighted by Crippen LogP contribution is -2.37. The quantitative estimate of drug-likeness (QED) is 0.739. The van der Waals surface area contributed by atoms with Gasteiger partial charge in [0.1, 0.15) is 11.6 Å². The molecule has 0 saturated heterocycles. The molecular weight excluding hydrogens is 300 g/mol.